The fraction of sp³-hybridized carbons (Fsp3) is 0.732. The molecule has 1 aromatic carbocycles. The molecule has 0 aromatic heterocycles. The third-order valence-electron chi connectivity index (χ3n) is 11.3. The van der Waals surface area contributed by atoms with Crippen LogP contribution in [0.25, 0.3) is 0 Å². The third kappa shape index (κ3) is 14.9. The standard InChI is InChI=1S/C41H73IO8Si2/c1-16-52(17-2,18-3)50-40(32(7)38(46-12)24-29(4)23-34(21-22-42)49-51(14,15)41(8,9)10)31(6)36(44)26-35(43)30(5)27-48-28-33-19-20-37(45-11)39(25-33)47-13/h19-22,24-25,30-32,34,36,38,40,44H,16-18,23,26-28H2,1-15H3/b22-21+,29-24+/t30-,31-,32-,34+,36+,38-,40-/m1/s1. The Labute approximate surface area is 333 Å². The lowest BCUT2D eigenvalue weighted by molar-refractivity contribution is -0.128. The molecule has 0 heterocycles. The number of carbonyl (C=O) groups excluding carboxylic acids is 1. The van der Waals surface area contributed by atoms with Crippen LogP contribution < -0.4 is 9.47 Å². The molecule has 52 heavy (non-hydrogen) atoms. The van der Waals surface area contributed by atoms with Gasteiger partial charge in [0.2, 0.25) is 0 Å². The van der Waals surface area contributed by atoms with E-state index in [0.717, 1.165) is 30.1 Å². The highest BCUT2D eigenvalue weighted by atomic mass is 127. The zero-order chi connectivity index (χ0) is 39.9. The van der Waals surface area contributed by atoms with E-state index in [0.29, 0.717) is 18.1 Å². The van der Waals surface area contributed by atoms with Crippen LogP contribution in [0, 0.1) is 17.8 Å². The van der Waals surface area contributed by atoms with Crippen LogP contribution in [0.5, 0.6) is 11.5 Å². The molecular formula is C41H73IO8Si2. The van der Waals surface area contributed by atoms with Crippen LogP contribution in [0.1, 0.15) is 87.6 Å². The van der Waals surface area contributed by atoms with Crippen molar-refractivity contribution in [2.75, 3.05) is 27.9 Å². The molecule has 0 aliphatic rings. The lowest BCUT2D eigenvalue weighted by Gasteiger charge is -2.42. The van der Waals surface area contributed by atoms with E-state index in [1.165, 1.54) is 5.57 Å². The van der Waals surface area contributed by atoms with Crippen LogP contribution in [-0.4, -0.2) is 79.9 Å². The number of aliphatic hydroxyl groups is 1. The number of Topliss-reactive ketones (excluding diaryl/α,β-unsaturated/α-hetero) is 1. The van der Waals surface area contributed by atoms with Crippen LogP contribution in [0.4, 0.5) is 0 Å². The van der Waals surface area contributed by atoms with Gasteiger partial charge >= 0.3 is 0 Å². The van der Waals surface area contributed by atoms with Gasteiger partial charge in [-0.1, -0.05) is 109 Å². The van der Waals surface area contributed by atoms with Crippen molar-refractivity contribution < 1.29 is 37.7 Å². The number of halogens is 1. The Morgan fingerprint density at radius 1 is 0.923 bits per heavy atom. The molecule has 0 fully saturated rings. The molecule has 0 saturated carbocycles. The normalized spacial score (nSPS) is 17.4. The first kappa shape index (κ1) is 49.0. The second kappa shape index (κ2) is 23.1. The molecule has 0 unspecified atom stereocenters. The van der Waals surface area contributed by atoms with Crippen LogP contribution >= 0.6 is 22.6 Å². The fourth-order valence-corrected chi connectivity index (χ4v) is 11.0. The van der Waals surface area contributed by atoms with Crippen molar-refractivity contribution in [2.45, 2.75) is 149 Å². The zero-order valence-corrected chi connectivity index (χ0v) is 39.3. The van der Waals surface area contributed by atoms with E-state index in [9.17, 15) is 9.90 Å². The fourth-order valence-electron chi connectivity index (χ4n) is 6.28. The van der Waals surface area contributed by atoms with Gasteiger partial charge in [0.1, 0.15) is 5.78 Å². The highest BCUT2D eigenvalue weighted by molar-refractivity contribution is 14.1. The number of hydrogen-bond donors (Lipinski definition) is 1. The van der Waals surface area contributed by atoms with E-state index in [2.05, 4.69) is 103 Å². The van der Waals surface area contributed by atoms with Crippen molar-refractivity contribution in [3.8, 4) is 11.5 Å². The van der Waals surface area contributed by atoms with Crippen molar-refractivity contribution in [1.29, 1.82) is 0 Å². The molecule has 1 aromatic rings. The van der Waals surface area contributed by atoms with Crippen LogP contribution in [0.15, 0.2) is 40.0 Å². The molecule has 300 valence electrons. The molecule has 0 spiro atoms. The number of hydrogen-bond acceptors (Lipinski definition) is 8. The molecule has 0 amide bonds. The van der Waals surface area contributed by atoms with Gasteiger partial charge in [-0.3, -0.25) is 4.79 Å². The Hall–Kier alpha value is -1.07. The van der Waals surface area contributed by atoms with Gasteiger partial charge < -0.3 is 32.9 Å². The molecule has 0 saturated heterocycles. The van der Waals surface area contributed by atoms with Crippen molar-refractivity contribution in [3.63, 3.8) is 0 Å². The zero-order valence-electron chi connectivity index (χ0n) is 35.1. The summed E-state index contributed by atoms with van der Waals surface area (Å²) in [7, 11) is 0.873. The first-order valence-corrected chi connectivity index (χ1v) is 25.8. The molecule has 1 rings (SSSR count). The van der Waals surface area contributed by atoms with E-state index in [-0.39, 0.29) is 59.9 Å². The first-order valence-electron chi connectivity index (χ1n) is 19.1. The highest BCUT2D eigenvalue weighted by Gasteiger charge is 2.41. The number of ketones is 1. The van der Waals surface area contributed by atoms with Crippen molar-refractivity contribution in [2.24, 2.45) is 17.8 Å². The number of carbonyl (C=O) groups is 1. The topological polar surface area (TPSA) is 92.7 Å². The summed E-state index contributed by atoms with van der Waals surface area (Å²) in [5, 5.41) is 11.8. The lowest BCUT2D eigenvalue weighted by Crippen LogP contribution is -2.49. The monoisotopic (exact) mass is 876 g/mol. The number of benzene rings is 1. The summed E-state index contributed by atoms with van der Waals surface area (Å²) in [5.74, 6) is 0.518. The van der Waals surface area contributed by atoms with Crippen LogP contribution in [0.2, 0.25) is 36.3 Å². The number of methoxy groups -OCH3 is 3. The summed E-state index contributed by atoms with van der Waals surface area (Å²) in [5.41, 5.74) is 2.11. The highest BCUT2D eigenvalue weighted by Crippen LogP contribution is 2.39. The van der Waals surface area contributed by atoms with Crippen molar-refractivity contribution >= 4 is 45.0 Å². The summed E-state index contributed by atoms with van der Waals surface area (Å²) in [6, 6.07) is 8.59. The Bertz CT molecular complexity index is 1250. The predicted octanol–water partition coefficient (Wildman–Crippen LogP) is 10.5. The van der Waals surface area contributed by atoms with Gasteiger partial charge in [-0.05, 0) is 71.4 Å². The largest absolute Gasteiger partial charge is 0.493 e. The minimum atomic E-state index is -2.09. The maximum atomic E-state index is 13.4. The molecular weight excluding hydrogens is 804 g/mol. The van der Waals surface area contributed by atoms with E-state index in [1.807, 2.05) is 36.1 Å². The molecule has 7 atom stereocenters. The van der Waals surface area contributed by atoms with Crippen LogP contribution in [-0.2, 0) is 29.7 Å². The summed E-state index contributed by atoms with van der Waals surface area (Å²) < 4.78 is 38.8. The minimum absolute atomic E-state index is 0.0222. The second-order valence-electron chi connectivity index (χ2n) is 16.0. The maximum Gasteiger partial charge on any atom is 0.192 e. The summed E-state index contributed by atoms with van der Waals surface area (Å²) in [6.45, 7) is 26.8. The SMILES string of the molecule is CC[Si](CC)(CC)O[C@H]([C@H](C)[C@@H](O)CC(=O)[C@H](C)COCc1ccc(OC)c(OC)c1)[C@H](C)[C@@H](/C=C(\C)C[C@H](/C=C/I)O[Si](C)(C)C(C)(C)C)OC. The molecule has 0 bridgehead atoms. The minimum Gasteiger partial charge on any atom is -0.493 e. The molecule has 8 nitrogen and oxygen atoms in total. The Balaban J connectivity index is 3.19. The third-order valence-corrected chi connectivity index (χ3v) is 20.9. The predicted molar refractivity (Wildman–Crippen MR) is 229 cm³/mol. The Morgan fingerprint density at radius 2 is 1.52 bits per heavy atom. The maximum absolute atomic E-state index is 13.4. The molecule has 11 heteroatoms. The summed E-state index contributed by atoms with van der Waals surface area (Å²) in [6.07, 6.45) is 3.73. The van der Waals surface area contributed by atoms with Gasteiger partial charge in [0.15, 0.2) is 28.1 Å². The van der Waals surface area contributed by atoms with Gasteiger partial charge in [0.05, 0.1) is 51.8 Å². The van der Waals surface area contributed by atoms with Gasteiger partial charge in [-0.2, -0.15) is 0 Å². The quantitative estimate of drug-likeness (QED) is 0.0590. The number of ether oxygens (including phenoxy) is 4. The smallest absolute Gasteiger partial charge is 0.192 e. The van der Waals surface area contributed by atoms with E-state index in [1.54, 1.807) is 21.3 Å². The Kier molecular flexibility index (Phi) is 21.8. The molecule has 1 N–H and O–H groups in total. The van der Waals surface area contributed by atoms with Gasteiger partial charge in [-0.25, -0.2) is 0 Å². The van der Waals surface area contributed by atoms with E-state index < -0.39 is 22.7 Å². The van der Waals surface area contributed by atoms with Crippen molar-refractivity contribution in [1.82, 2.24) is 0 Å². The van der Waals surface area contributed by atoms with Crippen LogP contribution in [0.3, 0.4) is 0 Å². The van der Waals surface area contributed by atoms with Gasteiger partial charge in [0.25, 0.3) is 0 Å². The molecule has 0 aliphatic heterocycles. The molecule has 0 aliphatic carbocycles. The average molecular weight is 877 g/mol. The lowest BCUT2D eigenvalue weighted by atomic mass is 9.83. The number of aliphatic hydroxyl groups excluding tert-OH is 1. The average Bonchev–Trinajstić information content (AvgIpc) is 3.10. The first-order chi connectivity index (χ1) is 24.3. The van der Waals surface area contributed by atoms with E-state index in [4.69, 9.17) is 27.8 Å². The summed E-state index contributed by atoms with van der Waals surface area (Å²) >= 11 is 2.27. The van der Waals surface area contributed by atoms with E-state index >= 15 is 0 Å². The Morgan fingerprint density at radius 3 is 2.02 bits per heavy atom. The van der Waals surface area contributed by atoms with Crippen molar-refractivity contribution in [3.05, 3.63) is 45.6 Å². The number of rotatable bonds is 25. The van der Waals surface area contributed by atoms with Gasteiger partial charge in [0, 0.05) is 31.3 Å². The second-order valence-corrected chi connectivity index (χ2v) is 26.2. The summed E-state index contributed by atoms with van der Waals surface area (Å²) in [4.78, 5) is 13.4. The molecule has 0 radical (unpaired) electrons. The van der Waals surface area contributed by atoms with Gasteiger partial charge in [-0.15, -0.1) is 0 Å².